The van der Waals surface area contributed by atoms with E-state index in [1.54, 1.807) is 17.5 Å². The van der Waals surface area contributed by atoms with Crippen LogP contribution in [0.25, 0.3) is 0 Å². The Morgan fingerprint density at radius 1 is 1.33 bits per heavy atom. The van der Waals surface area contributed by atoms with E-state index >= 15 is 0 Å². The number of aromatic nitrogens is 1. The van der Waals surface area contributed by atoms with Crippen LogP contribution in [-0.2, 0) is 0 Å². The van der Waals surface area contributed by atoms with Gasteiger partial charge >= 0.3 is 0 Å². The molecule has 4 nitrogen and oxygen atoms in total. The van der Waals surface area contributed by atoms with Crippen LogP contribution in [-0.4, -0.2) is 17.2 Å². The van der Waals surface area contributed by atoms with Gasteiger partial charge in [0.25, 0.3) is 0 Å². The van der Waals surface area contributed by atoms with Crippen molar-refractivity contribution < 1.29 is 0 Å². The molecule has 18 heavy (non-hydrogen) atoms. The smallest absolute Gasteiger partial charge is 0.149 e. The second kappa shape index (κ2) is 4.88. The third kappa shape index (κ3) is 2.02. The fraction of sp³-hybridized carbons (Fsp3) is 0.231. The summed E-state index contributed by atoms with van der Waals surface area (Å²) in [5.74, 6) is 0.874. The Morgan fingerprint density at radius 2 is 2.28 bits per heavy atom. The van der Waals surface area contributed by atoms with Crippen LogP contribution in [0.3, 0.4) is 0 Å². The third-order valence-electron chi connectivity index (χ3n) is 2.96. The van der Waals surface area contributed by atoms with Crippen molar-refractivity contribution in [2.75, 3.05) is 11.6 Å². The Bertz CT molecular complexity index is 535. The highest BCUT2D eigenvalue weighted by molar-refractivity contribution is 7.10. The first-order valence-corrected chi connectivity index (χ1v) is 6.76. The lowest BCUT2D eigenvalue weighted by molar-refractivity contribution is 0.710. The number of rotatable bonds is 3. The molecule has 1 atom stereocenters. The van der Waals surface area contributed by atoms with Crippen molar-refractivity contribution in [3.05, 3.63) is 46.8 Å². The second-order valence-electron chi connectivity index (χ2n) is 4.14. The molecule has 2 aromatic heterocycles. The molecule has 0 aromatic carbocycles. The zero-order valence-electron chi connectivity index (χ0n) is 9.86. The van der Waals surface area contributed by atoms with Crippen molar-refractivity contribution >= 4 is 22.9 Å². The molecule has 2 aromatic rings. The minimum Gasteiger partial charge on any atom is -0.325 e. The van der Waals surface area contributed by atoms with E-state index in [4.69, 9.17) is 5.73 Å². The first-order chi connectivity index (χ1) is 8.88. The maximum Gasteiger partial charge on any atom is 0.149 e. The highest BCUT2D eigenvalue weighted by Crippen LogP contribution is 2.35. The Hall–Kier alpha value is -1.72. The number of hydrogen-bond acceptors (Lipinski definition) is 5. The summed E-state index contributed by atoms with van der Waals surface area (Å²) in [5.41, 5.74) is 6.74. The molecule has 0 saturated heterocycles. The SMILES string of the molecule is NCC1=NN(c2ccccn2)C(c2cccs2)C1. The highest BCUT2D eigenvalue weighted by Gasteiger charge is 2.29. The molecule has 0 amide bonds. The first-order valence-electron chi connectivity index (χ1n) is 5.88. The van der Waals surface area contributed by atoms with Crippen LogP contribution in [0.2, 0.25) is 0 Å². The van der Waals surface area contributed by atoms with Crippen LogP contribution in [0.1, 0.15) is 17.3 Å². The first kappa shape index (κ1) is 11.4. The predicted octanol–water partition coefficient (Wildman–Crippen LogP) is 2.41. The molecule has 3 rings (SSSR count). The van der Waals surface area contributed by atoms with Crippen molar-refractivity contribution in [3.8, 4) is 0 Å². The average molecular weight is 258 g/mol. The van der Waals surface area contributed by atoms with Crippen LogP contribution < -0.4 is 10.7 Å². The molecule has 92 valence electrons. The molecule has 1 aliphatic rings. The van der Waals surface area contributed by atoms with E-state index in [0.717, 1.165) is 18.0 Å². The summed E-state index contributed by atoms with van der Waals surface area (Å²) in [7, 11) is 0. The largest absolute Gasteiger partial charge is 0.325 e. The minimum atomic E-state index is 0.235. The van der Waals surface area contributed by atoms with Gasteiger partial charge in [-0.05, 0) is 23.6 Å². The van der Waals surface area contributed by atoms with Crippen molar-refractivity contribution in [2.24, 2.45) is 10.8 Å². The van der Waals surface area contributed by atoms with Crippen molar-refractivity contribution in [1.82, 2.24) is 4.98 Å². The van der Waals surface area contributed by atoms with Gasteiger partial charge in [0, 0.05) is 24.0 Å². The number of anilines is 1. The molecule has 2 N–H and O–H groups in total. The van der Waals surface area contributed by atoms with Crippen molar-refractivity contribution in [3.63, 3.8) is 0 Å². The van der Waals surface area contributed by atoms with Crippen LogP contribution in [0.4, 0.5) is 5.82 Å². The zero-order chi connectivity index (χ0) is 12.4. The molecule has 0 radical (unpaired) electrons. The lowest BCUT2D eigenvalue weighted by Gasteiger charge is -2.21. The summed E-state index contributed by atoms with van der Waals surface area (Å²) in [6.45, 7) is 0.505. The molecule has 1 unspecified atom stereocenters. The van der Waals surface area contributed by atoms with Gasteiger partial charge in [-0.3, -0.25) is 0 Å². The Labute approximate surface area is 110 Å². The van der Waals surface area contributed by atoms with Crippen LogP contribution in [0.5, 0.6) is 0 Å². The van der Waals surface area contributed by atoms with E-state index in [0.29, 0.717) is 6.54 Å². The topological polar surface area (TPSA) is 54.5 Å². The molecule has 0 fully saturated rings. The molecule has 0 saturated carbocycles. The molecular weight excluding hydrogens is 244 g/mol. The van der Waals surface area contributed by atoms with Gasteiger partial charge in [0.15, 0.2) is 0 Å². The lowest BCUT2D eigenvalue weighted by Crippen LogP contribution is -2.18. The van der Waals surface area contributed by atoms with E-state index in [2.05, 4.69) is 27.6 Å². The molecule has 5 heteroatoms. The van der Waals surface area contributed by atoms with E-state index in [1.807, 2.05) is 23.2 Å². The standard InChI is InChI=1S/C13H14N4S/c14-9-10-8-11(12-4-3-7-18-12)17(16-10)13-5-1-2-6-15-13/h1-7,11H,8-9,14H2. The van der Waals surface area contributed by atoms with Crippen molar-refractivity contribution in [1.29, 1.82) is 0 Å². The van der Waals surface area contributed by atoms with E-state index in [1.165, 1.54) is 4.88 Å². The normalized spacial score (nSPS) is 19.1. The fourth-order valence-corrected chi connectivity index (χ4v) is 2.91. The number of nitrogens with zero attached hydrogens (tertiary/aromatic N) is 3. The Kier molecular flexibility index (Phi) is 3.08. The van der Waals surface area contributed by atoms with Gasteiger partial charge in [0.05, 0.1) is 11.8 Å². The van der Waals surface area contributed by atoms with E-state index < -0.39 is 0 Å². The Morgan fingerprint density at radius 3 is 2.94 bits per heavy atom. The summed E-state index contributed by atoms with van der Waals surface area (Å²) in [6, 6.07) is 10.3. The maximum absolute atomic E-state index is 5.72. The molecule has 0 spiro atoms. The summed E-state index contributed by atoms with van der Waals surface area (Å²) < 4.78 is 0. The molecule has 3 heterocycles. The van der Waals surface area contributed by atoms with Gasteiger partial charge < -0.3 is 5.73 Å². The van der Waals surface area contributed by atoms with Gasteiger partial charge in [-0.2, -0.15) is 5.10 Å². The zero-order valence-corrected chi connectivity index (χ0v) is 10.7. The summed E-state index contributed by atoms with van der Waals surface area (Å²) >= 11 is 1.75. The number of thiophene rings is 1. The number of pyridine rings is 1. The van der Waals surface area contributed by atoms with Crippen molar-refractivity contribution in [2.45, 2.75) is 12.5 Å². The summed E-state index contributed by atoms with van der Waals surface area (Å²) in [6.07, 6.45) is 2.67. The molecular formula is C13H14N4S. The van der Waals surface area contributed by atoms with Gasteiger partial charge in [-0.25, -0.2) is 9.99 Å². The monoisotopic (exact) mass is 258 g/mol. The quantitative estimate of drug-likeness (QED) is 0.919. The van der Waals surface area contributed by atoms with Gasteiger partial charge in [0.2, 0.25) is 0 Å². The second-order valence-corrected chi connectivity index (χ2v) is 5.12. The van der Waals surface area contributed by atoms with Crippen LogP contribution in [0.15, 0.2) is 47.0 Å². The third-order valence-corrected chi connectivity index (χ3v) is 3.94. The minimum absolute atomic E-state index is 0.235. The summed E-state index contributed by atoms with van der Waals surface area (Å²) in [5, 5.41) is 8.65. The molecule has 0 aliphatic carbocycles. The van der Waals surface area contributed by atoms with Gasteiger partial charge in [-0.1, -0.05) is 12.1 Å². The molecule has 0 bridgehead atoms. The average Bonchev–Trinajstić information content (AvgIpc) is 3.08. The van der Waals surface area contributed by atoms with Crippen LogP contribution in [0, 0.1) is 0 Å². The van der Waals surface area contributed by atoms with Gasteiger partial charge in [-0.15, -0.1) is 11.3 Å². The van der Waals surface area contributed by atoms with E-state index in [9.17, 15) is 0 Å². The fourth-order valence-electron chi connectivity index (χ4n) is 2.10. The van der Waals surface area contributed by atoms with Crippen LogP contribution >= 0.6 is 11.3 Å². The predicted molar refractivity (Wildman–Crippen MR) is 74.9 cm³/mol. The van der Waals surface area contributed by atoms with E-state index in [-0.39, 0.29) is 6.04 Å². The lowest BCUT2D eigenvalue weighted by atomic mass is 10.1. The number of nitrogens with two attached hydrogens (primary N) is 1. The summed E-state index contributed by atoms with van der Waals surface area (Å²) in [4.78, 5) is 5.67. The highest BCUT2D eigenvalue weighted by atomic mass is 32.1. The number of hydrogen-bond donors (Lipinski definition) is 1. The maximum atomic E-state index is 5.72. The van der Waals surface area contributed by atoms with Gasteiger partial charge in [0.1, 0.15) is 5.82 Å². The Balaban J connectivity index is 1.96. The number of hydrazone groups is 1. The molecule has 1 aliphatic heterocycles.